The average molecular weight is 241 g/mol. The second-order valence-electron chi connectivity index (χ2n) is 3.21. The first-order valence-electron chi connectivity index (χ1n) is 4.52. The largest absolute Gasteiger partial charge is 0.388 e. The fourth-order valence-corrected chi connectivity index (χ4v) is 2.57. The van der Waals surface area contributed by atoms with Gasteiger partial charge >= 0.3 is 0 Å². The molecule has 2 heterocycles. The first kappa shape index (κ1) is 10.5. The summed E-state index contributed by atoms with van der Waals surface area (Å²) in [7, 11) is 0. The summed E-state index contributed by atoms with van der Waals surface area (Å²) in [5.41, 5.74) is 1.17. The minimum atomic E-state index is -0.110. The van der Waals surface area contributed by atoms with Crippen LogP contribution in [0.2, 0.25) is 0 Å². The zero-order valence-corrected chi connectivity index (χ0v) is 9.81. The Kier molecular flexibility index (Phi) is 2.99. The van der Waals surface area contributed by atoms with Gasteiger partial charge in [0.1, 0.15) is 6.61 Å². The molecule has 2 rings (SSSR count). The van der Waals surface area contributed by atoms with Crippen LogP contribution in [-0.2, 0) is 6.61 Å². The molecule has 2 N–H and O–H groups in total. The normalized spacial score (nSPS) is 12.9. The smallest absolute Gasteiger partial charge is 0.195 e. The van der Waals surface area contributed by atoms with Crippen molar-refractivity contribution in [3.63, 3.8) is 0 Å². The van der Waals surface area contributed by atoms with Gasteiger partial charge in [0, 0.05) is 0 Å². The lowest BCUT2D eigenvalue weighted by Gasteiger charge is -2.13. The van der Waals surface area contributed by atoms with Crippen molar-refractivity contribution in [2.45, 2.75) is 19.6 Å². The number of aliphatic hydroxyl groups is 1. The molecule has 0 saturated carbocycles. The number of aromatic amines is 1. The SMILES string of the molecule is CC(c1ccsc1)n1c(CO)n[nH]c1=S. The van der Waals surface area contributed by atoms with Gasteiger partial charge in [-0.1, -0.05) is 0 Å². The number of hydrogen-bond donors (Lipinski definition) is 2. The van der Waals surface area contributed by atoms with E-state index in [0.717, 1.165) is 0 Å². The standard InChI is InChI=1S/C9H11N3OS2/c1-6(7-2-3-15-5-7)12-8(4-13)10-11-9(12)14/h2-3,5-6,13H,4H2,1H3,(H,11,14). The molecule has 0 aliphatic rings. The first-order valence-corrected chi connectivity index (χ1v) is 5.88. The van der Waals surface area contributed by atoms with Crippen LogP contribution in [0.5, 0.6) is 0 Å². The minimum Gasteiger partial charge on any atom is -0.388 e. The van der Waals surface area contributed by atoms with Crippen molar-refractivity contribution >= 4 is 23.6 Å². The Hall–Kier alpha value is -0.980. The highest BCUT2D eigenvalue weighted by Gasteiger charge is 2.13. The van der Waals surface area contributed by atoms with Crippen molar-refractivity contribution in [1.29, 1.82) is 0 Å². The summed E-state index contributed by atoms with van der Waals surface area (Å²) in [4.78, 5) is 0. The van der Waals surface area contributed by atoms with Crippen LogP contribution in [0, 0.1) is 4.77 Å². The molecule has 0 radical (unpaired) electrons. The zero-order valence-electron chi connectivity index (χ0n) is 8.17. The molecule has 0 amide bonds. The van der Waals surface area contributed by atoms with Crippen molar-refractivity contribution in [1.82, 2.24) is 14.8 Å². The molecule has 0 aliphatic heterocycles. The number of nitrogens with one attached hydrogen (secondary N) is 1. The Balaban J connectivity index is 2.45. The summed E-state index contributed by atoms with van der Waals surface area (Å²) in [5.74, 6) is 0.568. The molecule has 6 heteroatoms. The topological polar surface area (TPSA) is 53.8 Å². The molecule has 0 saturated heterocycles. The highest BCUT2D eigenvalue weighted by Crippen LogP contribution is 2.21. The van der Waals surface area contributed by atoms with Crippen molar-refractivity contribution in [3.05, 3.63) is 33.0 Å². The van der Waals surface area contributed by atoms with E-state index in [1.54, 1.807) is 11.3 Å². The summed E-state index contributed by atoms with van der Waals surface area (Å²) >= 11 is 6.77. The van der Waals surface area contributed by atoms with Gasteiger partial charge in [-0.05, 0) is 41.5 Å². The van der Waals surface area contributed by atoms with Gasteiger partial charge in [0.25, 0.3) is 0 Å². The molecule has 0 fully saturated rings. The maximum absolute atomic E-state index is 9.13. The molecule has 15 heavy (non-hydrogen) atoms. The van der Waals surface area contributed by atoms with Gasteiger partial charge in [-0.3, -0.25) is 9.67 Å². The van der Waals surface area contributed by atoms with E-state index in [0.29, 0.717) is 10.6 Å². The molecule has 0 aliphatic carbocycles. The monoisotopic (exact) mass is 241 g/mol. The van der Waals surface area contributed by atoms with E-state index in [9.17, 15) is 0 Å². The van der Waals surface area contributed by atoms with Crippen LogP contribution < -0.4 is 0 Å². The molecule has 4 nitrogen and oxygen atoms in total. The summed E-state index contributed by atoms with van der Waals surface area (Å²) in [6.07, 6.45) is 0. The summed E-state index contributed by atoms with van der Waals surface area (Å²) in [5, 5.41) is 19.9. The second kappa shape index (κ2) is 4.26. The minimum absolute atomic E-state index is 0.102. The molecule has 0 bridgehead atoms. The molecule has 2 aromatic rings. The van der Waals surface area contributed by atoms with Crippen LogP contribution in [0.3, 0.4) is 0 Å². The zero-order chi connectivity index (χ0) is 10.8. The third kappa shape index (κ3) is 1.88. The third-order valence-corrected chi connectivity index (χ3v) is 3.32. The summed E-state index contributed by atoms with van der Waals surface area (Å²) < 4.78 is 2.37. The molecule has 2 aromatic heterocycles. The van der Waals surface area contributed by atoms with Crippen LogP contribution in [0.1, 0.15) is 24.4 Å². The van der Waals surface area contributed by atoms with Gasteiger partial charge in [0.15, 0.2) is 10.6 Å². The lowest BCUT2D eigenvalue weighted by atomic mass is 10.2. The van der Waals surface area contributed by atoms with Crippen molar-refractivity contribution in [3.8, 4) is 0 Å². The second-order valence-corrected chi connectivity index (χ2v) is 4.37. The highest BCUT2D eigenvalue weighted by molar-refractivity contribution is 7.71. The Morgan fingerprint density at radius 3 is 3.13 bits per heavy atom. The highest BCUT2D eigenvalue weighted by atomic mass is 32.1. The maximum Gasteiger partial charge on any atom is 0.195 e. The lowest BCUT2D eigenvalue weighted by Crippen LogP contribution is -2.10. The fourth-order valence-electron chi connectivity index (χ4n) is 1.51. The van der Waals surface area contributed by atoms with E-state index >= 15 is 0 Å². The lowest BCUT2D eigenvalue weighted by molar-refractivity contribution is 0.263. The van der Waals surface area contributed by atoms with E-state index in [1.165, 1.54) is 5.56 Å². The van der Waals surface area contributed by atoms with E-state index < -0.39 is 0 Å². The first-order chi connectivity index (χ1) is 7.24. The number of hydrogen-bond acceptors (Lipinski definition) is 4. The molecule has 1 atom stereocenters. The third-order valence-electron chi connectivity index (χ3n) is 2.33. The summed E-state index contributed by atoms with van der Waals surface area (Å²) in [6.45, 7) is 1.92. The molecular formula is C9H11N3OS2. The van der Waals surface area contributed by atoms with E-state index in [2.05, 4.69) is 15.6 Å². The molecule has 0 aromatic carbocycles. The molecule has 80 valence electrons. The molecular weight excluding hydrogens is 230 g/mol. The van der Waals surface area contributed by atoms with Gasteiger partial charge < -0.3 is 5.11 Å². The van der Waals surface area contributed by atoms with Crippen LogP contribution >= 0.6 is 23.6 Å². The van der Waals surface area contributed by atoms with Gasteiger partial charge in [0.05, 0.1) is 6.04 Å². The van der Waals surface area contributed by atoms with Crippen molar-refractivity contribution < 1.29 is 5.11 Å². The number of H-pyrrole nitrogens is 1. The number of nitrogens with zero attached hydrogens (tertiary/aromatic N) is 2. The quantitative estimate of drug-likeness (QED) is 0.809. The number of aliphatic hydroxyl groups excluding tert-OH is 1. The molecule has 1 unspecified atom stereocenters. The average Bonchev–Trinajstić information content (AvgIpc) is 2.85. The number of aromatic nitrogens is 3. The molecule has 0 spiro atoms. The van der Waals surface area contributed by atoms with Gasteiger partial charge in [-0.15, -0.1) is 0 Å². The predicted octanol–water partition coefficient (Wildman–Crippen LogP) is 2.10. The Morgan fingerprint density at radius 1 is 1.73 bits per heavy atom. The van der Waals surface area contributed by atoms with E-state index in [-0.39, 0.29) is 12.6 Å². The van der Waals surface area contributed by atoms with Gasteiger partial charge in [0.2, 0.25) is 0 Å². The van der Waals surface area contributed by atoms with Crippen LogP contribution in [0.25, 0.3) is 0 Å². The van der Waals surface area contributed by atoms with Crippen molar-refractivity contribution in [2.75, 3.05) is 0 Å². The van der Waals surface area contributed by atoms with Crippen LogP contribution in [-0.4, -0.2) is 19.9 Å². The summed E-state index contributed by atoms with van der Waals surface area (Å²) in [6, 6.07) is 2.15. The Bertz CT molecular complexity index is 486. The van der Waals surface area contributed by atoms with Gasteiger partial charge in [-0.25, -0.2) is 0 Å². The van der Waals surface area contributed by atoms with Crippen LogP contribution in [0.15, 0.2) is 16.8 Å². The van der Waals surface area contributed by atoms with Gasteiger partial charge in [-0.2, -0.15) is 16.4 Å². The van der Waals surface area contributed by atoms with E-state index in [4.69, 9.17) is 17.3 Å². The Morgan fingerprint density at radius 2 is 2.53 bits per heavy atom. The fraction of sp³-hybridized carbons (Fsp3) is 0.333. The number of thiophene rings is 1. The maximum atomic E-state index is 9.13. The Labute approximate surface area is 96.2 Å². The van der Waals surface area contributed by atoms with E-state index in [1.807, 2.05) is 22.9 Å². The predicted molar refractivity (Wildman–Crippen MR) is 61.5 cm³/mol. The van der Waals surface area contributed by atoms with Crippen LogP contribution in [0.4, 0.5) is 0 Å². The van der Waals surface area contributed by atoms with Crippen molar-refractivity contribution in [2.24, 2.45) is 0 Å². The number of rotatable bonds is 3.